The first-order chi connectivity index (χ1) is 9.32. The van der Waals surface area contributed by atoms with Crippen LogP contribution in [0.4, 0.5) is 0 Å². The van der Waals surface area contributed by atoms with E-state index in [1.54, 1.807) is 24.3 Å². The summed E-state index contributed by atoms with van der Waals surface area (Å²) >= 11 is 5.98. The lowest BCUT2D eigenvalue weighted by atomic mass is 10.0. The Labute approximate surface area is 124 Å². The number of benzene rings is 1. The predicted molar refractivity (Wildman–Crippen MR) is 80.8 cm³/mol. The lowest BCUT2D eigenvalue weighted by Crippen LogP contribution is -2.51. The maximum atomic E-state index is 12.2. The summed E-state index contributed by atoms with van der Waals surface area (Å²) in [6.07, 6.45) is 0. The predicted octanol–water partition coefficient (Wildman–Crippen LogP) is 2.62. The summed E-state index contributed by atoms with van der Waals surface area (Å²) in [5.41, 5.74) is 0.372. The van der Waals surface area contributed by atoms with E-state index < -0.39 is 6.04 Å². The van der Waals surface area contributed by atoms with Gasteiger partial charge in [-0.3, -0.25) is 9.59 Å². The molecule has 2 amide bonds. The minimum absolute atomic E-state index is 0.0137. The van der Waals surface area contributed by atoms with Crippen LogP contribution in [0.25, 0.3) is 0 Å². The van der Waals surface area contributed by atoms with Gasteiger partial charge in [-0.15, -0.1) is 0 Å². The lowest BCUT2D eigenvalue weighted by Gasteiger charge is -2.23. The molecule has 1 aromatic rings. The third kappa shape index (κ3) is 4.53. The topological polar surface area (TPSA) is 58.2 Å². The van der Waals surface area contributed by atoms with Crippen molar-refractivity contribution in [1.82, 2.24) is 10.6 Å². The molecule has 0 bridgehead atoms. The molecule has 110 valence electrons. The Bertz CT molecular complexity index is 487. The Hall–Kier alpha value is -1.55. The van der Waals surface area contributed by atoms with Crippen molar-refractivity contribution >= 4 is 23.4 Å². The van der Waals surface area contributed by atoms with Crippen LogP contribution in [0.5, 0.6) is 0 Å². The highest BCUT2D eigenvalue weighted by Crippen LogP contribution is 2.15. The highest BCUT2D eigenvalue weighted by Gasteiger charge is 2.25. The molecule has 0 aliphatic heterocycles. The summed E-state index contributed by atoms with van der Waals surface area (Å²) in [6, 6.07) is 6.22. The minimum atomic E-state index is -0.582. The third-order valence-electron chi connectivity index (χ3n) is 2.79. The second-order valence-electron chi connectivity index (χ2n) is 5.34. The normalized spacial score (nSPS) is 12.3. The molecule has 1 atom stereocenters. The Kier molecular flexibility index (Phi) is 6.02. The first-order valence-corrected chi connectivity index (χ1v) is 7.06. The molecule has 0 spiro atoms. The molecular weight excluding hydrogens is 276 g/mol. The maximum absolute atomic E-state index is 12.2. The Morgan fingerprint density at radius 3 is 2.15 bits per heavy atom. The second-order valence-corrected chi connectivity index (χ2v) is 5.75. The fraction of sp³-hybridized carbons (Fsp3) is 0.467. The summed E-state index contributed by atoms with van der Waals surface area (Å²) in [5, 5.41) is 5.92. The van der Waals surface area contributed by atoms with Gasteiger partial charge in [-0.05, 0) is 31.9 Å². The molecule has 5 heteroatoms. The molecule has 1 rings (SSSR count). The van der Waals surface area contributed by atoms with Gasteiger partial charge in [0.05, 0.1) is 10.6 Å². The summed E-state index contributed by atoms with van der Waals surface area (Å²) < 4.78 is 0. The van der Waals surface area contributed by atoms with E-state index in [2.05, 4.69) is 10.6 Å². The summed E-state index contributed by atoms with van der Waals surface area (Å²) in [4.78, 5) is 24.3. The fourth-order valence-electron chi connectivity index (χ4n) is 1.77. The highest BCUT2D eigenvalue weighted by molar-refractivity contribution is 6.33. The molecule has 2 N–H and O–H groups in total. The average Bonchev–Trinajstić information content (AvgIpc) is 2.34. The van der Waals surface area contributed by atoms with Gasteiger partial charge >= 0.3 is 0 Å². The van der Waals surface area contributed by atoms with Crippen molar-refractivity contribution in [1.29, 1.82) is 0 Å². The van der Waals surface area contributed by atoms with Crippen molar-refractivity contribution in [2.24, 2.45) is 5.92 Å². The molecule has 0 aliphatic carbocycles. The number of carbonyl (C=O) groups is 2. The van der Waals surface area contributed by atoms with Crippen molar-refractivity contribution in [3.8, 4) is 0 Å². The molecule has 0 saturated heterocycles. The van der Waals surface area contributed by atoms with E-state index in [0.29, 0.717) is 10.6 Å². The zero-order valence-electron chi connectivity index (χ0n) is 12.2. The van der Waals surface area contributed by atoms with Crippen LogP contribution < -0.4 is 10.6 Å². The monoisotopic (exact) mass is 296 g/mol. The van der Waals surface area contributed by atoms with Gasteiger partial charge in [0, 0.05) is 6.04 Å². The Morgan fingerprint density at radius 2 is 1.65 bits per heavy atom. The van der Waals surface area contributed by atoms with Crippen molar-refractivity contribution in [2.45, 2.75) is 39.8 Å². The summed E-state index contributed by atoms with van der Waals surface area (Å²) in [5.74, 6) is -0.538. The highest BCUT2D eigenvalue weighted by atomic mass is 35.5. The van der Waals surface area contributed by atoms with E-state index in [4.69, 9.17) is 11.6 Å². The second kappa shape index (κ2) is 7.29. The molecular formula is C15H21ClN2O2. The largest absolute Gasteiger partial charge is 0.352 e. The number of hydrogen-bond donors (Lipinski definition) is 2. The molecule has 20 heavy (non-hydrogen) atoms. The first-order valence-electron chi connectivity index (χ1n) is 6.68. The number of hydrogen-bond acceptors (Lipinski definition) is 2. The molecule has 4 nitrogen and oxygen atoms in total. The van der Waals surface area contributed by atoms with E-state index in [9.17, 15) is 9.59 Å². The van der Waals surface area contributed by atoms with E-state index >= 15 is 0 Å². The molecule has 0 aliphatic rings. The van der Waals surface area contributed by atoms with E-state index in [-0.39, 0.29) is 23.8 Å². The van der Waals surface area contributed by atoms with Crippen LogP contribution in [-0.2, 0) is 4.79 Å². The molecule has 0 fully saturated rings. The van der Waals surface area contributed by atoms with Crippen molar-refractivity contribution in [3.05, 3.63) is 34.9 Å². The number of amides is 2. The van der Waals surface area contributed by atoms with E-state index in [1.807, 2.05) is 27.7 Å². The van der Waals surface area contributed by atoms with Crippen LogP contribution in [0.2, 0.25) is 5.02 Å². The Morgan fingerprint density at radius 1 is 1.05 bits per heavy atom. The van der Waals surface area contributed by atoms with Crippen molar-refractivity contribution in [2.75, 3.05) is 0 Å². The van der Waals surface area contributed by atoms with Gasteiger partial charge in [0.25, 0.3) is 5.91 Å². The number of nitrogens with one attached hydrogen (secondary N) is 2. The lowest BCUT2D eigenvalue weighted by molar-refractivity contribution is -0.124. The maximum Gasteiger partial charge on any atom is 0.253 e. The molecule has 1 aromatic carbocycles. The SMILES string of the molecule is CC(C)NC(=O)C(NC(=O)c1ccccc1Cl)C(C)C. The van der Waals surface area contributed by atoms with E-state index in [1.165, 1.54) is 0 Å². The zero-order valence-corrected chi connectivity index (χ0v) is 13.0. The van der Waals surface area contributed by atoms with Gasteiger partial charge in [-0.1, -0.05) is 37.6 Å². The van der Waals surface area contributed by atoms with Crippen LogP contribution in [-0.4, -0.2) is 23.9 Å². The van der Waals surface area contributed by atoms with Crippen LogP contribution >= 0.6 is 11.6 Å². The molecule has 0 saturated carbocycles. The van der Waals surface area contributed by atoms with Gasteiger partial charge < -0.3 is 10.6 Å². The van der Waals surface area contributed by atoms with Crippen LogP contribution in [0.1, 0.15) is 38.1 Å². The standard InChI is InChI=1S/C15H21ClN2O2/c1-9(2)13(15(20)17-10(3)4)18-14(19)11-7-5-6-8-12(11)16/h5-10,13H,1-4H3,(H,17,20)(H,18,19). The van der Waals surface area contributed by atoms with Crippen LogP contribution in [0.15, 0.2) is 24.3 Å². The summed E-state index contributed by atoms with van der Waals surface area (Å²) in [7, 11) is 0. The van der Waals surface area contributed by atoms with Crippen molar-refractivity contribution < 1.29 is 9.59 Å². The molecule has 0 aromatic heterocycles. The smallest absolute Gasteiger partial charge is 0.253 e. The first kappa shape index (κ1) is 16.5. The minimum Gasteiger partial charge on any atom is -0.352 e. The molecule has 0 heterocycles. The quantitative estimate of drug-likeness (QED) is 0.877. The Balaban J connectivity index is 2.84. The van der Waals surface area contributed by atoms with Gasteiger partial charge in [0.1, 0.15) is 6.04 Å². The van der Waals surface area contributed by atoms with Crippen LogP contribution in [0, 0.1) is 5.92 Å². The van der Waals surface area contributed by atoms with Gasteiger partial charge in [0.2, 0.25) is 5.91 Å². The third-order valence-corrected chi connectivity index (χ3v) is 3.11. The number of halogens is 1. The zero-order chi connectivity index (χ0) is 15.3. The summed E-state index contributed by atoms with van der Waals surface area (Å²) in [6.45, 7) is 7.53. The van der Waals surface area contributed by atoms with Crippen molar-refractivity contribution in [3.63, 3.8) is 0 Å². The fourth-order valence-corrected chi connectivity index (χ4v) is 2.00. The molecule has 0 radical (unpaired) electrons. The van der Waals surface area contributed by atoms with Gasteiger partial charge in [0.15, 0.2) is 0 Å². The van der Waals surface area contributed by atoms with Crippen LogP contribution in [0.3, 0.4) is 0 Å². The van der Waals surface area contributed by atoms with E-state index in [0.717, 1.165) is 0 Å². The molecule has 1 unspecified atom stereocenters. The number of rotatable bonds is 5. The average molecular weight is 297 g/mol. The van der Waals surface area contributed by atoms with Gasteiger partial charge in [-0.25, -0.2) is 0 Å². The number of carbonyl (C=O) groups excluding carboxylic acids is 2. The van der Waals surface area contributed by atoms with Gasteiger partial charge in [-0.2, -0.15) is 0 Å².